The Morgan fingerprint density at radius 1 is 1.00 bits per heavy atom. The van der Waals surface area contributed by atoms with Crippen molar-refractivity contribution < 1.29 is 17.9 Å². The molecule has 6 nitrogen and oxygen atoms in total. The van der Waals surface area contributed by atoms with Gasteiger partial charge in [0.05, 0.1) is 11.5 Å². The van der Waals surface area contributed by atoms with Crippen molar-refractivity contribution in [2.45, 2.75) is 57.4 Å². The van der Waals surface area contributed by atoms with E-state index >= 15 is 0 Å². The van der Waals surface area contributed by atoms with Crippen molar-refractivity contribution in [3.63, 3.8) is 0 Å². The number of amides is 1. The molecule has 4 rings (SSSR count). The molecule has 2 aliphatic carbocycles. The Labute approximate surface area is 197 Å². The lowest BCUT2D eigenvalue weighted by Crippen LogP contribution is -2.40. The molecule has 2 aromatic carbocycles. The SMILES string of the molecule is CC(C)COc1ccc(C(=O)Nc2ccc(S(=O)(=O)N[C@H](C)[C@@H]3C[C@@H]4CC[C@@H]3C4)cc2)cc1. The third-order valence-electron chi connectivity index (χ3n) is 6.90. The largest absolute Gasteiger partial charge is 0.493 e. The number of hydrogen-bond donors (Lipinski definition) is 2. The molecule has 2 fully saturated rings. The van der Waals surface area contributed by atoms with Crippen molar-refractivity contribution in [3.05, 3.63) is 54.1 Å². The first-order valence-electron chi connectivity index (χ1n) is 11.9. The molecule has 178 valence electrons. The molecule has 0 spiro atoms. The summed E-state index contributed by atoms with van der Waals surface area (Å²) in [6, 6.07) is 13.2. The fraction of sp³-hybridized carbons (Fsp3) is 0.500. The third-order valence-corrected chi connectivity index (χ3v) is 8.47. The van der Waals surface area contributed by atoms with E-state index in [1.165, 1.54) is 31.4 Å². The number of anilines is 1. The Balaban J connectivity index is 1.34. The number of sulfonamides is 1. The Hall–Kier alpha value is -2.38. The number of ether oxygens (including phenoxy) is 1. The summed E-state index contributed by atoms with van der Waals surface area (Å²) in [7, 11) is -3.60. The summed E-state index contributed by atoms with van der Waals surface area (Å²) >= 11 is 0. The van der Waals surface area contributed by atoms with Crippen LogP contribution in [-0.4, -0.2) is 27.0 Å². The van der Waals surface area contributed by atoms with Crippen molar-refractivity contribution in [1.29, 1.82) is 0 Å². The van der Waals surface area contributed by atoms with Gasteiger partial charge in [0.25, 0.3) is 5.91 Å². The monoisotopic (exact) mass is 470 g/mol. The minimum absolute atomic E-state index is 0.0721. The van der Waals surface area contributed by atoms with Crippen LogP contribution in [0.25, 0.3) is 0 Å². The highest BCUT2D eigenvalue weighted by molar-refractivity contribution is 7.89. The van der Waals surface area contributed by atoms with Crippen molar-refractivity contribution in [3.8, 4) is 5.75 Å². The number of nitrogens with one attached hydrogen (secondary N) is 2. The van der Waals surface area contributed by atoms with Crippen LogP contribution in [0.1, 0.15) is 56.8 Å². The lowest BCUT2D eigenvalue weighted by molar-refractivity contribution is 0.102. The zero-order chi connectivity index (χ0) is 23.6. The average Bonchev–Trinajstić information content (AvgIpc) is 3.42. The smallest absolute Gasteiger partial charge is 0.255 e. The molecule has 2 bridgehead atoms. The summed E-state index contributed by atoms with van der Waals surface area (Å²) in [6.07, 6.45) is 4.90. The first-order valence-corrected chi connectivity index (χ1v) is 13.4. The van der Waals surface area contributed by atoms with Crippen molar-refractivity contribution >= 4 is 21.6 Å². The maximum absolute atomic E-state index is 12.9. The molecule has 2 aliphatic rings. The van der Waals surface area contributed by atoms with Gasteiger partial charge in [-0.15, -0.1) is 0 Å². The molecule has 7 heteroatoms. The summed E-state index contributed by atoms with van der Waals surface area (Å²) in [5.74, 6) is 2.75. The van der Waals surface area contributed by atoms with Gasteiger partial charge in [-0.2, -0.15) is 0 Å². The maximum atomic E-state index is 12.9. The summed E-state index contributed by atoms with van der Waals surface area (Å²) < 4.78 is 34.3. The van der Waals surface area contributed by atoms with Gasteiger partial charge in [-0.1, -0.05) is 20.3 Å². The van der Waals surface area contributed by atoms with Crippen LogP contribution in [0.5, 0.6) is 5.75 Å². The summed E-state index contributed by atoms with van der Waals surface area (Å²) in [5.41, 5.74) is 1.05. The van der Waals surface area contributed by atoms with E-state index in [0.717, 1.165) is 18.1 Å². The highest BCUT2D eigenvalue weighted by Gasteiger charge is 2.42. The van der Waals surface area contributed by atoms with Crippen LogP contribution in [0.2, 0.25) is 0 Å². The van der Waals surface area contributed by atoms with Crippen LogP contribution in [0.4, 0.5) is 5.69 Å². The zero-order valence-corrected chi connectivity index (χ0v) is 20.4. The van der Waals surface area contributed by atoms with Crippen molar-refractivity contribution in [2.24, 2.45) is 23.7 Å². The van der Waals surface area contributed by atoms with Crippen molar-refractivity contribution in [1.82, 2.24) is 4.72 Å². The second-order valence-corrected chi connectivity index (χ2v) is 11.7. The van der Waals surface area contributed by atoms with Crippen LogP contribution >= 0.6 is 0 Å². The van der Waals surface area contributed by atoms with Gasteiger partial charge in [0, 0.05) is 17.3 Å². The molecule has 0 aliphatic heterocycles. The second kappa shape index (κ2) is 9.85. The molecule has 33 heavy (non-hydrogen) atoms. The highest BCUT2D eigenvalue weighted by atomic mass is 32.2. The van der Waals surface area contributed by atoms with E-state index in [4.69, 9.17) is 4.74 Å². The molecular formula is C26H34N2O4S. The van der Waals surface area contributed by atoms with Gasteiger partial charge in [0.15, 0.2) is 0 Å². The number of rotatable bonds is 9. The van der Waals surface area contributed by atoms with E-state index in [-0.39, 0.29) is 16.8 Å². The van der Waals surface area contributed by atoms with Gasteiger partial charge in [0.2, 0.25) is 10.0 Å². The highest BCUT2D eigenvalue weighted by Crippen LogP contribution is 2.49. The summed E-state index contributed by atoms with van der Waals surface area (Å²) in [4.78, 5) is 12.8. The van der Waals surface area contributed by atoms with Crippen LogP contribution in [-0.2, 0) is 10.0 Å². The van der Waals surface area contributed by atoms with Gasteiger partial charge < -0.3 is 10.1 Å². The van der Waals surface area contributed by atoms with Gasteiger partial charge in [-0.05, 0) is 98.4 Å². The van der Waals surface area contributed by atoms with E-state index in [9.17, 15) is 13.2 Å². The van der Waals surface area contributed by atoms with Gasteiger partial charge in [-0.25, -0.2) is 13.1 Å². The predicted molar refractivity (Wildman–Crippen MR) is 130 cm³/mol. The number of carbonyl (C=O) groups is 1. The Morgan fingerprint density at radius 3 is 2.27 bits per heavy atom. The molecule has 2 saturated carbocycles. The predicted octanol–water partition coefficient (Wildman–Crippen LogP) is 5.08. The first kappa shape index (κ1) is 23.8. The molecule has 0 saturated heterocycles. The van der Waals surface area contributed by atoms with Crippen LogP contribution in [0.15, 0.2) is 53.4 Å². The Kier molecular flexibility index (Phi) is 7.10. The molecule has 0 unspecified atom stereocenters. The zero-order valence-electron chi connectivity index (χ0n) is 19.6. The topological polar surface area (TPSA) is 84.5 Å². The van der Waals surface area contributed by atoms with Gasteiger partial charge in [-0.3, -0.25) is 4.79 Å². The minimum Gasteiger partial charge on any atom is -0.493 e. The fourth-order valence-electron chi connectivity index (χ4n) is 5.19. The third kappa shape index (κ3) is 5.76. The molecule has 1 amide bonds. The normalized spacial score (nSPS) is 23.0. The van der Waals surface area contributed by atoms with E-state index < -0.39 is 10.0 Å². The standard InChI is InChI=1S/C26H34N2O4S/c1-17(2)16-32-23-10-6-20(7-11-23)26(29)27-22-8-12-24(13-9-22)33(30,31)28-18(3)25-15-19-4-5-21(25)14-19/h6-13,17-19,21,25,28H,4-5,14-16H2,1-3H3,(H,27,29)/t18-,19-,21-,25+/m1/s1. The Bertz CT molecular complexity index is 1060. The summed E-state index contributed by atoms with van der Waals surface area (Å²) in [5, 5.41) is 2.82. The van der Waals surface area contributed by atoms with Crippen LogP contribution in [0, 0.1) is 23.7 Å². The van der Waals surface area contributed by atoms with Gasteiger partial charge >= 0.3 is 0 Å². The summed E-state index contributed by atoms with van der Waals surface area (Å²) in [6.45, 7) is 6.76. The molecular weight excluding hydrogens is 436 g/mol. The van der Waals surface area contributed by atoms with Gasteiger partial charge in [0.1, 0.15) is 5.75 Å². The molecule has 2 N–H and O–H groups in total. The maximum Gasteiger partial charge on any atom is 0.255 e. The van der Waals surface area contributed by atoms with Crippen LogP contribution in [0.3, 0.4) is 0 Å². The molecule has 4 atom stereocenters. The molecule has 0 heterocycles. The first-order chi connectivity index (χ1) is 15.7. The van der Waals surface area contributed by atoms with E-state index in [1.54, 1.807) is 36.4 Å². The number of fused-ring (bicyclic) bond motifs is 2. The molecule has 2 aromatic rings. The molecule has 0 aromatic heterocycles. The second-order valence-electron chi connectivity index (χ2n) is 9.96. The number of benzene rings is 2. The lowest BCUT2D eigenvalue weighted by atomic mass is 9.84. The average molecular weight is 471 g/mol. The number of carbonyl (C=O) groups excluding carboxylic acids is 1. The minimum atomic E-state index is -3.60. The number of hydrogen-bond acceptors (Lipinski definition) is 4. The van der Waals surface area contributed by atoms with Crippen molar-refractivity contribution in [2.75, 3.05) is 11.9 Å². The Morgan fingerprint density at radius 2 is 1.70 bits per heavy atom. The fourth-order valence-corrected chi connectivity index (χ4v) is 6.49. The quantitative estimate of drug-likeness (QED) is 0.535. The molecule has 0 radical (unpaired) electrons. The van der Waals surface area contributed by atoms with E-state index in [0.29, 0.717) is 35.6 Å². The lowest BCUT2D eigenvalue weighted by Gasteiger charge is -2.28. The van der Waals surface area contributed by atoms with E-state index in [2.05, 4.69) is 23.9 Å². The van der Waals surface area contributed by atoms with Crippen LogP contribution < -0.4 is 14.8 Å². The van der Waals surface area contributed by atoms with E-state index in [1.807, 2.05) is 6.92 Å².